The summed E-state index contributed by atoms with van der Waals surface area (Å²) in [5.41, 5.74) is 0.641. The lowest BCUT2D eigenvalue weighted by Crippen LogP contribution is -2.17. The van der Waals surface area contributed by atoms with Crippen molar-refractivity contribution in [2.45, 2.75) is 19.3 Å². The number of aryl methyl sites for hydroxylation is 1. The van der Waals surface area contributed by atoms with Crippen molar-refractivity contribution in [3.8, 4) is 0 Å². The Labute approximate surface area is 109 Å². The van der Waals surface area contributed by atoms with Crippen LogP contribution in [0.1, 0.15) is 34.2 Å². The molecular formula is C13H13NO5. The molecule has 1 aliphatic carbocycles. The van der Waals surface area contributed by atoms with Crippen LogP contribution in [0.5, 0.6) is 0 Å². The van der Waals surface area contributed by atoms with Crippen molar-refractivity contribution >= 4 is 11.9 Å². The highest BCUT2D eigenvalue weighted by molar-refractivity contribution is 5.94. The van der Waals surface area contributed by atoms with Gasteiger partial charge in [0.15, 0.2) is 0 Å². The van der Waals surface area contributed by atoms with E-state index in [4.69, 9.17) is 9.26 Å². The number of esters is 1. The van der Waals surface area contributed by atoms with Gasteiger partial charge in [-0.2, -0.15) is 0 Å². The molecule has 1 atom stereocenters. The predicted octanol–water partition coefficient (Wildman–Crippen LogP) is 1.82. The lowest BCUT2D eigenvalue weighted by Gasteiger charge is -2.17. The number of rotatable bonds is 3. The van der Waals surface area contributed by atoms with Gasteiger partial charge in [0.1, 0.15) is 17.0 Å². The third kappa shape index (κ3) is 2.29. The Morgan fingerprint density at radius 2 is 2.26 bits per heavy atom. The molecule has 100 valence electrons. The van der Waals surface area contributed by atoms with Gasteiger partial charge in [-0.15, -0.1) is 0 Å². The van der Waals surface area contributed by atoms with E-state index in [9.17, 15) is 14.7 Å². The quantitative estimate of drug-likeness (QED) is 0.836. The topological polar surface area (TPSA) is 89.6 Å². The fourth-order valence-corrected chi connectivity index (χ4v) is 2.10. The summed E-state index contributed by atoms with van der Waals surface area (Å²) in [5.74, 6) is -1.85. The van der Waals surface area contributed by atoms with Crippen LogP contribution in [-0.4, -0.2) is 29.3 Å². The van der Waals surface area contributed by atoms with Crippen LogP contribution in [0, 0.1) is 6.92 Å². The molecule has 0 bridgehead atoms. The fraction of sp³-hybridized carbons (Fsp3) is 0.308. The van der Waals surface area contributed by atoms with E-state index in [0.29, 0.717) is 12.0 Å². The van der Waals surface area contributed by atoms with E-state index in [-0.39, 0.29) is 17.0 Å². The van der Waals surface area contributed by atoms with Gasteiger partial charge in [-0.05, 0) is 13.3 Å². The van der Waals surface area contributed by atoms with Gasteiger partial charge in [0.25, 0.3) is 0 Å². The van der Waals surface area contributed by atoms with Gasteiger partial charge in [0.05, 0.1) is 7.11 Å². The first-order valence-corrected chi connectivity index (χ1v) is 5.70. The monoisotopic (exact) mass is 263 g/mol. The predicted molar refractivity (Wildman–Crippen MR) is 64.8 cm³/mol. The molecule has 1 unspecified atom stereocenters. The summed E-state index contributed by atoms with van der Waals surface area (Å²) in [6, 6.07) is 0. The summed E-state index contributed by atoms with van der Waals surface area (Å²) in [7, 11) is 1.28. The van der Waals surface area contributed by atoms with Gasteiger partial charge in [-0.3, -0.25) is 0 Å². The molecule has 0 aliphatic heterocycles. The highest BCUT2D eigenvalue weighted by atomic mass is 16.5. The number of carbonyl (C=O) groups excluding carboxylic acids is 1. The Bertz CT molecular complexity index is 582. The smallest absolute Gasteiger partial charge is 0.341 e. The molecule has 2 rings (SSSR count). The minimum absolute atomic E-state index is 0.00935. The second-order valence-electron chi connectivity index (χ2n) is 4.13. The second kappa shape index (κ2) is 5.09. The molecule has 1 aromatic rings. The fourth-order valence-electron chi connectivity index (χ4n) is 2.10. The van der Waals surface area contributed by atoms with Crippen LogP contribution < -0.4 is 0 Å². The molecule has 1 N–H and O–H groups in total. The van der Waals surface area contributed by atoms with Crippen LogP contribution in [0.15, 0.2) is 28.3 Å². The maximum absolute atomic E-state index is 11.7. The molecular weight excluding hydrogens is 250 g/mol. The lowest BCUT2D eigenvalue weighted by atomic mass is 9.86. The molecule has 0 amide bonds. The van der Waals surface area contributed by atoms with Crippen LogP contribution in [0.4, 0.5) is 0 Å². The summed E-state index contributed by atoms with van der Waals surface area (Å²) in [6.45, 7) is 1.53. The van der Waals surface area contributed by atoms with Gasteiger partial charge in [-0.25, -0.2) is 9.59 Å². The molecule has 6 heteroatoms. The second-order valence-corrected chi connectivity index (χ2v) is 4.13. The third-order valence-corrected chi connectivity index (χ3v) is 3.01. The van der Waals surface area contributed by atoms with Crippen molar-refractivity contribution in [2.75, 3.05) is 7.11 Å². The summed E-state index contributed by atoms with van der Waals surface area (Å²) in [5, 5.41) is 13.0. The molecule has 6 nitrogen and oxygen atoms in total. The Hall–Kier alpha value is -2.37. The third-order valence-electron chi connectivity index (χ3n) is 3.01. The Balaban J connectivity index is 2.47. The Morgan fingerprint density at radius 3 is 2.89 bits per heavy atom. The minimum Gasteiger partial charge on any atom is -0.477 e. The average molecular weight is 263 g/mol. The summed E-state index contributed by atoms with van der Waals surface area (Å²) >= 11 is 0. The van der Waals surface area contributed by atoms with Gasteiger partial charge >= 0.3 is 11.9 Å². The summed E-state index contributed by atoms with van der Waals surface area (Å²) in [6.07, 6.45) is 5.66. The van der Waals surface area contributed by atoms with Gasteiger partial charge < -0.3 is 14.4 Å². The van der Waals surface area contributed by atoms with Crippen molar-refractivity contribution in [3.05, 3.63) is 40.8 Å². The number of carbonyl (C=O) groups is 2. The van der Waals surface area contributed by atoms with Gasteiger partial charge in [0.2, 0.25) is 0 Å². The number of carboxylic acids is 1. The van der Waals surface area contributed by atoms with E-state index in [1.165, 1.54) is 14.0 Å². The molecule has 0 saturated carbocycles. The van der Waals surface area contributed by atoms with Gasteiger partial charge in [-0.1, -0.05) is 23.4 Å². The molecule has 0 spiro atoms. The molecule has 0 fully saturated rings. The largest absolute Gasteiger partial charge is 0.477 e. The molecule has 1 heterocycles. The Kier molecular flexibility index (Phi) is 3.50. The molecule has 0 saturated heterocycles. The number of aromatic carboxylic acids is 1. The Morgan fingerprint density at radius 1 is 1.53 bits per heavy atom. The van der Waals surface area contributed by atoms with E-state index >= 15 is 0 Å². The van der Waals surface area contributed by atoms with Crippen molar-refractivity contribution in [3.63, 3.8) is 0 Å². The first-order valence-electron chi connectivity index (χ1n) is 5.70. The van der Waals surface area contributed by atoms with Crippen molar-refractivity contribution in [1.82, 2.24) is 5.16 Å². The molecule has 1 aliphatic rings. The number of hydrogen-bond acceptors (Lipinski definition) is 5. The van der Waals surface area contributed by atoms with Crippen LogP contribution in [0.2, 0.25) is 0 Å². The number of nitrogens with zero attached hydrogens (tertiary/aromatic N) is 1. The number of carboxylic acid groups (broad SMARTS) is 1. The van der Waals surface area contributed by atoms with E-state index in [2.05, 4.69) is 5.16 Å². The van der Waals surface area contributed by atoms with Crippen molar-refractivity contribution in [2.24, 2.45) is 0 Å². The summed E-state index contributed by atoms with van der Waals surface area (Å²) < 4.78 is 9.64. The number of ether oxygens (including phenoxy) is 1. The van der Waals surface area contributed by atoms with Crippen LogP contribution in [0.25, 0.3) is 0 Å². The lowest BCUT2D eigenvalue weighted by molar-refractivity contribution is -0.136. The standard InChI is InChI=1S/C13H13NO5/c1-7-10(12(15)16)11(14-19-7)8-5-3-4-6-9(8)13(17)18-2/h3-4,6,8H,5H2,1-2H3,(H,15,16). The molecule has 0 aromatic carbocycles. The average Bonchev–Trinajstić information content (AvgIpc) is 2.79. The minimum atomic E-state index is -1.12. The normalized spacial score (nSPS) is 18.0. The maximum Gasteiger partial charge on any atom is 0.341 e. The molecule has 0 radical (unpaired) electrons. The van der Waals surface area contributed by atoms with Crippen LogP contribution >= 0.6 is 0 Å². The zero-order valence-electron chi connectivity index (χ0n) is 10.5. The first kappa shape index (κ1) is 13.1. The van der Waals surface area contributed by atoms with Crippen LogP contribution in [0.3, 0.4) is 0 Å². The molecule has 19 heavy (non-hydrogen) atoms. The SMILES string of the molecule is COC(=O)C1=CC=CCC1c1noc(C)c1C(=O)O. The molecule has 1 aromatic heterocycles. The number of allylic oxidation sites excluding steroid dienone is 3. The number of methoxy groups -OCH3 is 1. The first-order chi connectivity index (χ1) is 9.06. The highest BCUT2D eigenvalue weighted by Crippen LogP contribution is 2.34. The maximum atomic E-state index is 11.7. The highest BCUT2D eigenvalue weighted by Gasteiger charge is 2.32. The van der Waals surface area contributed by atoms with E-state index in [1.54, 1.807) is 12.2 Å². The van der Waals surface area contributed by atoms with Crippen molar-refractivity contribution in [1.29, 1.82) is 0 Å². The van der Waals surface area contributed by atoms with E-state index in [1.807, 2.05) is 6.08 Å². The summed E-state index contributed by atoms with van der Waals surface area (Å²) in [4.78, 5) is 22.9. The zero-order valence-corrected chi connectivity index (χ0v) is 10.5. The van der Waals surface area contributed by atoms with E-state index in [0.717, 1.165) is 0 Å². The number of aromatic nitrogens is 1. The van der Waals surface area contributed by atoms with E-state index < -0.39 is 17.9 Å². The zero-order chi connectivity index (χ0) is 14.0. The number of hydrogen-bond donors (Lipinski definition) is 1. The van der Waals surface area contributed by atoms with Crippen molar-refractivity contribution < 1.29 is 24.0 Å². The van der Waals surface area contributed by atoms with Gasteiger partial charge in [0, 0.05) is 11.5 Å². The van der Waals surface area contributed by atoms with Crippen LogP contribution in [-0.2, 0) is 9.53 Å².